The summed E-state index contributed by atoms with van der Waals surface area (Å²) in [6.07, 6.45) is 4.65. The summed E-state index contributed by atoms with van der Waals surface area (Å²) in [5, 5.41) is 12.0. The van der Waals surface area contributed by atoms with Gasteiger partial charge in [-0.2, -0.15) is 0 Å². The van der Waals surface area contributed by atoms with Gasteiger partial charge in [-0.05, 0) is 19.4 Å². The summed E-state index contributed by atoms with van der Waals surface area (Å²) in [7, 11) is 0. The largest absolute Gasteiger partial charge is 0.494 e. The normalized spacial score (nSPS) is 11.4. The molecule has 4 rings (SSSR count). The summed E-state index contributed by atoms with van der Waals surface area (Å²) in [4.78, 5) is 9.20. The average molecular weight is 332 g/mol. The predicted octanol–water partition coefficient (Wildman–Crippen LogP) is 4.26. The zero-order chi connectivity index (χ0) is 17.6. The zero-order valence-corrected chi connectivity index (χ0v) is 14.3. The van der Waals surface area contributed by atoms with Gasteiger partial charge in [0, 0.05) is 41.1 Å². The number of hydrogen-bond acceptors (Lipinski definition) is 4. The lowest BCUT2D eigenvalue weighted by atomic mass is 10.0. The number of para-hydroxylation sites is 1. The Morgan fingerprint density at radius 2 is 2.04 bits per heavy atom. The third kappa shape index (κ3) is 2.39. The van der Waals surface area contributed by atoms with Gasteiger partial charge in [0.15, 0.2) is 0 Å². The van der Waals surface area contributed by atoms with E-state index in [1.165, 1.54) is 0 Å². The molecule has 4 aromatic rings. The third-order valence-corrected chi connectivity index (χ3v) is 4.54. The van der Waals surface area contributed by atoms with Crippen molar-refractivity contribution in [2.24, 2.45) is 0 Å². The molecule has 3 heterocycles. The highest BCUT2D eigenvalue weighted by Gasteiger charge is 2.17. The molecular formula is C20H20N4O. The van der Waals surface area contributed by atoms with Gasteiger partial charge in [0.2, 0.25) is 5.88 Å². The summed E-state index contributed by atoms with van der Waals surface area (Å²) >= 11 is 0. The van der Waals surface area contributed by atoms with Gasteiger partial charge in [-0.15, -0.1) is 0 Å². The standard InChI is InChI=1S/C20H20N4O/c1-3-9-24-11-16-17(20(24)25)18(21)15-6-4-5-14(19(15)23-16)13-8-7-12(2)22-10-13/h4-8,10-11,25H,3,9,21H2,1-2H3. The van der Waals surface area contributed by atoms with Crippen LogP contribution >= 0.6 is 0 Å². The molecule has 126 valence electrons. The maximum absolute atomic E-state index is 10.5. The Balaban J connectivity index is 2.04. The van der Waals surface area contributed by atoms with Crippen LogP contribution in [0, 0.1) is 6.92 Å². The zero-order valence-electron chi connectivity index (χ0n) is 14.3. The number of hydrogen-bond donors (Lipinski definition) is 2. The first kappa shape index (κ1) is 15.4. The molecule has 3 N–H and O–H groups in total. The van der Waals surface area contributed by atoms with Gasteiger partial charge in [-0.3, -0.25) is 4.98 Å². The Labute approximate surface area is 145 Å². The van der Waals surface area contributed by atoms with E-state index in [0.29, 0.717) is 16.6 Å². The molecule has 0 unspecified atom stereocenters. The Morgan fingerprint density at radius 3 is 2.76 bits per heavy atom. The molecule has 5 nitrogen and oxygen atoms in total. The monoisotopic (exact) mass is 332 g/mol. The van der Waals surface area contributed by atoms with Crippen LogP contribution in [0.3, 0.4) is 0 Å². The lowest BCUT2D eigenvalue weighted by molar-refractivity contribution is 0.421. The van der Waals surface area contributed by atoms with Crippen LogP contribution in [0.4, 0.5) is 5.69 Å². The van der Waals surface area contributed by atoms with Crippen LogP contribution in [0.5, 0.6) is 5.88 Å². The van der Waals surface area contributed by atoms with Crippen LogP contribution in [-0.2, 0) is 6.54 Å². The molecule has 0 radical (unpaired) electrons. The number of aromatic hydroxyl groups is 1. The minimum absolute atomic E-state index is 0.186. The van der Waals surface area contributed by atoms with E-state index < -0.39 is 0 Å². The molecule has 0 aliphatic carbocycles. The van der Waals surface area contributed by atoms with Crippen molar-refractivity contribution in [2.75, 3.05) is 5.73 Å². The lowest BCUT2D eigenvalue weighted by Gasteiger charge is -2.09. The fourth-order valence-corrected chi connectivity index (χ4v) is 3.28. The number of benzene rings is 1. The molecule has 25 heavy (non-hydrogen) atoms. The smallest absolute Gasteiger partial charge is 0.202 e. The second kappa shape index (κ2) is 5.77. The van der Waals surface area contributed by atoms with E-state index in [1.54, 1.807) is 4.57 Å². The Hall–Kier alpha value is -3.08. The molecule has 0 spiro atoms. The van der Waals surface area contributed by atoms with Crippen LogP contribution in [0.1, 0.15) is 19.0 Å². The fraction of sp³-hybridized carbons (Fsp3) is 0.200. The summed E-state index contributed by atoms with van der Waals surface area (Å²) in [6, 6.07) is 9.95. The Morgan fingerprint density at radius 1 is 1.20 bits per heavy atom. The number of aryl methyl sites for hydroxylation is 2. The van der Waals surface area contributed by atoms with Crippen molar-refractivity contribution in [3.05, 3.63) is 48.4 Å². The molecule has 0 amide bonds. The van der Waals surface area contributed by atoms with E-state index in [0.717, 1.165) is 40.7 Å². The van der Waals surface area contributed by atoms with E-state index >= 15 is 0 Å². The number of nitrogens with zero attached hydrogens (tertiary/aromatic N) is 3. The second-order valence-corrected chi connectivity index (χ2v) is 6.32. The van der Waals surface area contributed by atoms with Gasteiger partial charge in [-0.25, -0.2) is 4.98 Å². The third-order valence-electron chi connectivity index (χ3n) is 4.54. The Bertz CT molecular complexity index is 1080. The van der Waals surface area contributed by atoms with Crippen molar-refractivity contribution in [3.63, 3.8) is 0 Å². The number of aromatic nitrogens is 3. The second-order valence-electron chi connectivity index (χ2n) is 6.32. The van der Waals surface area contributed by atoms with Crippen molar-refractivity contribution in [1.82, 2.24) is 14.5 Å². The van der Waals surface area contributed by atoms with Crippen LogP contribution in [0.15, 0.2) is 42.7 Å². The lowest BCUT2D eigenvalue weighted by Crippen LogP contribution is -1.94. The van der Waals surface area contributed by atoms with Gasteiger partial charge < -0.3 is 15.4 Å². The van der Waals surface area contributed by atoms with Crippen molar-refractivity contribution in [1.29, 1.82) is 0 Å². The first-order chi connectivity index (χ1) is 12.1. The fourth-order valence-electron chi connectivity index (χ4n) is 3.28. The maximum atomic E-state index is 10.5. The van der Waals surface area contributed by atoms with Gasteiger partial charge in [-0.1, -0.05) is 31.2 Å². The van der Waals surface area contributed by atoms with Crippen LogP contribution < -0.4 is 5.73 Å². The average Bonchev–Trinajstić information content (AvgIpc) is 2.92. The summed E-state index contributed by atoms with van der Waals surface area (Å²) in [5.74, 6) is 0.186. The molecule has 0 aliphatic heterocycles. The Kier molecular flexibility index (Phi) is 3.57. The van der Waals surface area contributed by atoms with Crippen molar-refractivity contribution >= 4 is 27.5 Å². The summed E-state index contributed by atoms with van der Waals surface area (Å²) in [5.41, 5.74) is 11.5. The molecule has 1 aromatic carbocycles. The van der Waals surface area contributed by atoms with Gasteiger partial charge in [0.25, 0.3) is 0 Å². The highest BCUT2D eigenvalue weighted by Crippen LogP contribution is 2.38. The molecule has 0 bridgehead atoms. The number of fused-ring (bicyclic) bond motifs is 2. The van der Waals surface area contributed by atoms with E-state index in [9.17, 15) is 5.11 Å². The molecule has 0 atom stereocenters. The molecule has 0 saturated heterocycles. The molecule has 5 heteroatoms. The van der Waals surface area contributed by atoms with Crippen LogP contribution in [0.25, 0.3) is 32.9 Å². The highest BCUT2D eigenvalue weighted by molar-refractivity contribution is 6.12. The first-order valence-corrected chi connectivity index (χ1v) is 8.43. The molecule has 0 fully saturated rings. The number of nitrogen functional groups attached to an aromatic ring is 1. The van der Waals surface area contributed by atoms with Crippen molar-refractivity contribution < 1.29 is 5.11 Å². The van der Waals surface area contributed by atoms with Crippen LogP contribution in [-0.4, -0.2) is 19.6 Å². The van der Waals surface area contributed by atoms with Gasteiger partial charge >= 0.3 is 0 Å². The topological polar surface area (TPSA) is 77.0 Å². The first-order valence-electron chi connectivity index (χ1n) is 8.43. The number of rotatable bonds is 3. The van der Waals surface area contributed by atoms with Gasteiger partial charge in [0.05, 0.1) is 22.1 Å². The van der Waals surface area contributed by atoms with E-state index in [2.05, 4.69) is 11.9 Å². The van der Waals surface area contributed by atoms with Gasteiger partial charge in [0.1, 0.15) is 0 Å². The minimum Gasteiger partial charge on any atom is -0.494 e. The van der Waals surface area contributed by atoms with Crippen molar-refractivity contribution in [3.8, 4) is 17.0 Å². The maximum Gasteiger partial charge on any atom is 0.202 e. The SMILES string of the molecule is CCCn1cc2nc3c(-c4ccc(C)nc4)cccc3c(N)c2c1O. The number of nitrogens with two attached hydrogens (primary N) is 1. The quantitative estimate of drug-likeness (QED) is 0.588. The minimum atomic E-state index is 0.186. The van der Waals surface area contributed by atoms with E-state index in [4.69, 9.17) is 10.7 Å². The summed E-state index contributed by atoms with van der Waals surface area (Å²) in [6.45, 7) is 4.76. The number of anilines is 1. The van der Waals surface area contributed by atoms with E-state index in [-0.39, 0.29) is 5.88 Å². The van der Waals surface area contributed by atoms with Crippen molar-refractivity contribution in [2.45, 2.75) is 26.8 Å². The molecule has 0 saturated carbocycles. The molecule has 3 aromatic heterocycles. The molecular weight excluding hydrogens is 312 g/mol. The highest BCUT2D eigenvalue weighted by atomic mass is 16.3. The number of pyridine rings is 2. The summed E-state index contributed by atoms with van der Waals surface area (Å²) < 4.78 is 1.81. The predicted molar refractivity (Wildman–Crippen MR) is 102 cm³/mol. The molecule has 0 aliphatic rings. The van der Waals surface area contributed by atoms with Crippen LogP contribution in [0.2, 0.25) is 0 Å². The van der Waals surface area contributed by atoms with E-state index in [1.807, 2.05) is 49.6 Å².